The number of aromatic nitrogens is 2. The van der Waals surface area contributed by atoms with Crippen molar-refractivity contribution in [1.29, 1.82) is 0 Å². The van der Waals surface area contributed by atoms with Crippen LogP contribution in [0.3, 0.4) is 0 Å². The zero-order chi connectivity index (χ0) is 20.7. The first-order valence-electron chi connectivity index (χ1n) is 7.66. The summed E-state index contributed by atoms with van der Waals surface area (Å²) in [6, 6.07) is 10.5. The smallest absolute Gasteiger partial charge is 0.435 e. The van der Waals surface area contributed by atoms with E-state index in [-0.39, 0.29) is 27.6 Å². The second-order valence-corrected chi connectivity index (χ2v) is 7.65. The maximum absolute atomic E-state index is 13.3. The van der Waals surface area contributed by atoms with E-state index >= 15 is 0 Å². The van der Waals surface area contributed by atoms with E-state index in [4.69, 9.17) is 21.5 Å². The van der Waals surface area contributed by atoms with E-state index in [0.717, 1.165) is 10.7 Å². The Morgan fingerprint density at radius 1 is 1.14 bits per heavy atom. The number of sulfonamides is 1. The Hall–Kier alpha value is -2.56. The molecule has 0 spiro atoms. The number of para-hydroxylation sites is 1. The van der Waals surface area contributed by atoms with Gasteiger partial charge in [-0.25, -0.2) is 18.2 Å². The number of hydrogen-bond donors (Lipinski definition) is 1. The number of benzene rings is 2. The Labute approximate surface area is 163 Å². The molecule has 3 rings (SSSR count). The van der Waals surface area contributed by atoms with Gasteiger partial charge in [-0.2, -0.15) is 18.3 Å². The second kappa shape index (κ2) is 7.12. The molecule has 0 saturated heterocycles. The lowest BCUT2D eigenvalue weighted by Gasteiger charge is -2.13. The number of methoxy groups -OCH3 is 1. The summed E-state index contributed by atoms with van der Waals surface area (Å²) in [6.07, 6.45) is -4.75. The van der Waals surface area contributed by atoms with Gasteiger partial charge in [-0.1, -0.05) is 23.7 Å². The number of hydrogen-bond acceptors (Lipinski definition) is 4. The third-order valence-corrected chi connectivity index (χ3v) is 5.03. The highest BCUT2D eigenvalue weighted by Crippen LogP contribution is 2.38. The summed E-state index contributed by atoms with van der Waals surface area (Å²) < 4.78 is 69.9. The van der Waals surface area contributed by atoms with Gasteiger partial charge in [0.25, 0.3) is 0 Å². The average molecular weight is 432 g/mol. The molecule has 0 unspecified atom stereocenters. The molecule has 1 heterocycles. The summed E-state index contributed by atoms with van der Waals surface area (Å²) in [7, 11) is -2.89. The van der Waals surface area contributed by atoms with Crippen molar-refractivity contribution in [2.24, 2.45) is 5.14 Å². The van der Waals surface area contributed by atoms with E-state index in [1.54, 1.807) is 0 Å². The quantitative estimate of drug-likeness (QED) is 0.679. The van der Waals surface area contributed by atoms with Gasteiger partial charge in [-0.15, -0.1) is 0 Å². The molecule has 28 heavy (non-hydrogen) atoms. The topological polar surface area (TPSA) is 87.2 Å². The van der Waals surface area contributed by atoms with Crippen LogP contribution in [0.25, 0.3) is 16.9 Å². The van der Waals surface area contributed by atoms with Crippen LogP contribution >= 0.6 is 11.6 Å². The van der Waals surface area contributed by atoms with Gasteiger partial charge in [0.15, 0.2) is 5.69 Å². The number of halogens is 4. The number of alkyl halides is 3. The van der Waals surface area contributed by atoms with Gasteiger partial charge in [0, 0.05) is 10.6 Å². The normalized spacial score (nSPS) is 12.2. The molecule has 0 amide bonds. The summed E-state index contributed by atoms with van der Waals surface area (Å²) in [6.45, 7) is 0. The minimum absolute atomic E-state index is 0.0445. The fourth-order valence-corrected chi connectivity index (χ4v) is 3.52. The summed E-state index contributed by atoms with van der Waals surface area (Å²) in [5.41, 5.74) is -1.15. The Balaban J connectivity index is 2.37. The molecule has 2 N–H and O–H groups in total. The van der Waals surface area contributed by atoms with Gasteiger partial charge in [0.05, 0.1) is 18.5 Å². The maximum atomic E-state index is 13.3. The molecule has 0 bridgehead atoms. The van der Waals surface area contributed by atoms with E-state index < -0.39 is 21.9 Å². The van der Waals surface area contributed by atoms with Crippen LogP contribution in [0, 0.1) is 0 Å². The highest BCUT2D eigenvalue weighted by atomic mass is 35.5. The van der Waals surface area contributed by atoms with Crippen LogP contribution in [0.2, 0.25) is 5.02 Å². The van der Waals surface area contributed by atoms with Gasteiger partial charge in [0.1, 0.15) is 10.6 Å². The van der Waals surface area contributed by atoms with Crippen molar-refractivity contribution >= 4 is 21.6 Å². The van der Waals surface area contributed by atoms with Crippen molar-refractivity contribution in [1.82, 2.24) is 9.78 Å². The largest absolute Gasteiger partial charge is 0.496 e. The molecule has 0 aliphatic heterocycles. The van der Waals surface area contributed by atoms with Gasteiger partial charge < -0.3 is 4.74 Å². The number of nitrogens with two attached hydrogens (primary N) is 1. The van der Waals surface area contributed by atoms with Crippen LogP contribution < -0.4 is 9.88 Å². The third-order valence-electron chi connectivity index (χ3n) is 3.84. The van der Waals surface area contributed by atoms with Crippen molar-refractivity contribution in [2.75, 3.05) is 7.11 Å². The van der Waals surface area contributed by atoms with Crippen LogP contribution in [-0.4, -0.2) is 25.3 Å². The molecule has 0 aliphatic rings. The van der Waals surface area contributed by atoms with Gasteiger partial charge in [-0.3, -0.25) is 0 Å². The van der Waals surface area contributed by atoms with E-state index in [1.807, 2.05) is 0 Å². The average Bonchev–Trinajstić information content (AvgIpc) is 3.06. The number of ether oxygens (including phenoxy) is 1. The Kier molecular flexibility index (Phi) is 5.13. The fraction of sp³-hybridized carbons (Fsp3) is 0.118. The lowest BCUT2D eigenvalue weighted by Crippen LogP contribution is -2.16. The fourth-order valence-electron chi connectivity index (χ4n) is 2.64. The minimum Gasteiger partial charge on any atom is -0.496 e. The lowest BCUT2D eigenvalue weighted by atomic mass is 10.1. The predicted octanol–water partition coefficient (Wildman–Crippen LogP) is 3.87. The monoisotopic (exact) mass is 431 g/mol. The van der Waals surface area contributed by atoms with Gasteiger partial charge in [0.2, 0.25) is 10.0 Å². The minimum atomic E-state index is -4.75. The Bertz CT molecular complexity index is 1140. The Morgan fingerprint density at radius 2 is 1.82 bits per heavy atom. The first-order chi connectivity index (χ1) is 13.0. The second-order valence-electron chi connectivity index (χ2n) is 5.68. The Morgan fingerprint density at radius 3 is 2.43 bits per heavy atom. The summed E-state index contributed by atoms with van der Waals surface area (Å²) >= 11 is 5.92. The zero-order valence-corrected chi connectivity index (χ0v) is 15.8. The van der Waals surface area contributed by atoms with Gasteiger partial charge in [-0.05, 0) is 36.4 Å². The van der Waals surface area contributed by atoms with Gasteiger partial charge >= 0.3 is 6.18 Å². The van der Waals surface area contributed by atoms with Crippen molar-refractivity contribution in [3.05, 3.63) is 59.2 Å². The summed E-state index contributed by atoms with van der Waals surface area (Å²) in [5, 5.41) is 9.11. The van der Waals surface area contributed by atoms with Crippen molar-refractivity contribution in [2.45, 2.75) is 11.1 Å². The standard InChI is InChI=1S/C17H13ClF3N3O3S/c1-27-14-8-10(18)6-7-11(14)13-9-16(17(19,20)21)23-24(13)12-4-2-3-5-15(12)28(22,25)26/h2-9H,1H3,(H2,22,25,26). The molecule has 6 nitrogen and oxygen atoms in total. The molecule has 11 heteroatoms. The highest BCUT2D eigenvalue weighted by molar-refractivity contribution is 7.89. The lowest BCUT2D eigenvalue weighted by molar-refractivity contribution is -0.141. The number of rotatable bonds is 4. The molecule has 0 aliphatic carbocycles. The maximum Gasteiger partial charge on any atom is 0.435 e. The van der Waals surface area contributed by atoms with Crippen LogP contribution in [0.5, 0.6) is 5.75 Å². The molecule has 1 aromatic heterocycles. The van der Waals surface area contributed by atoms with Crippen molar-refractivity contribution < 1.29 is 26.3 Å². The third kappa shape index (κ3) is 3.84. The van der Waals surface area contributed by atoms with E-state index in [9.17, 15) is 21.6 Å². The van der Waals surface area contributed by atoms with E-state index in [2.05, 4.69) is 5.10 Å². The van der Waals surface area contributed by atoms with Crippen LogP contribution in [0.4, 0.5) is 13.2 Å². The molecule has 0 fully saturated rings. The van der Waals surface area contributed by atoms with Crippen molar-refractivity contribution in [3.8, 4) is 22.7 Å². The van der Waals surface area contributed by atoms with Crippen LogP contribution in [0.1, 0.15) is 5.69 Å². The molecule has 0 atom stereocenters. The number of nitrogens with zero attached hydrogens (tertiary/aromatic N) is 2. The molecule has 0 radical (unpaired) electrons. The molecule has 0 saturated carbocycles. The zero-order valence-electron chi connectivity index (χ0n) is 14.2. The number of primary sulfonamides is 1. The van der Waals surface area contributed by atoms with Crippen molar-refractivity contribution in [3.63, 3.8) is 0 Å². The molecule has 3 aromatic rings. The first kappa shape index (κ1) is 20.2. The summed E-state index contributed by atoms with van der Waals surface area (Å²) in [4.78, 5) is -0.374. The van der Waals surface area contributed by atoms with Crippen LogP contribution in [-0.2, 0) is 16.2 Å². The molecular weight excluding hydrogens is 419 g/mol. The SMILES string of the molecule is COc1cc(Cl)ccc1-c1cc(C(F)(F)F)nn1-c1ccccc1S(N)(=O)=O. The van der Waals surface area contributed by atoms with Crippen LogP contribution in [0.15, 0.2) is 53.4 Å². The first-order valence-corrected chi connectivity index (χ1v) is 9.58. The van der Waals surface area contributed by atoms with E-state index in [0.29, 0.717) is 5.02 Å². The summed E-state index contributed by atoms with van der Waals surface area (Å²) in [5.74, 6) is 0.190. The molecular formula is C17H13ClF3N3O3S. The predicted molar refractivity (Wildman–Crippen MR) is 96.9 cm³/mol. The molecule has 2 aromatic carbocycles. The molecule has 148 valence electrons. The highest BCUT2D eigenvalue weighted by Gasteiger charge is 2.36. The van der Waals surface area contributed by atoms with E-state index in [1.165, 1.54) is 49.6 Å².